The number of carbonyl (C=O) groups is 1. The Morgan fingerprint density at radius 2 is 1.94 bits per heavy atom. The predicted molar refractivity (Wildman–Crippen MR) is 53.6 cm³/mol. The quantitative estimate of drug-likeness (QED) is 0.461. The van der Waals surface area contributed by atoms with E-state index in [2.05, 4.69) is 0 Å². The molecule has 0 N–H and O–H groups in total. The highest BCUT2D eigenvalue weighted by atomic mass is 35.5. The lowest BCUT2D eigenvalue weighted by atomic mass is 10.1. The molecule has 0 atom stereocenters. The van der Waals surface area contributed by atoms with Gasteiger partial charge >= 0.3 is 6.18 Å². The van der Waals surface area contributed by atoms with Crippen LogP contribution in [0.25, 0.3) is 0 Å². The minimum Gasteiger partial charge on any atom is -0.284 e. The maximum atomic E-state index is 13.2. The van der Waals surface area contributed by atoms with Crippen molar-refractivity contribution in [1.29, 1.82) is 0 Å². The Hall–Kier alpha value is -0.750. The average Bonchev–Trinajstić information content (AvgIpc) is 2.19. The molecule has 0 aliphatic rings. The SMILES string of the molecule is CSc1cc(Cl)c(F)c(C(=O)C(F)(F)F)c1. The number of hydrogen-bond acceptors (Lipinski definition) is 2. The zero-order valence-electron chi connectivity index (χ0n) is 7.86. The number of benzene rings is 1. The third kappa shape index (κ3) is 2.68. The van der Waals surface area contributed by atoms with E-state index in [9.17, 15) is 22.4 Å². The van der Waals surface area contributed by atoms with Crippen molar-refractivity contribution in [2.75, 3.05) is 6.26 Å². The van der Waals surface area contributed by atoms with Gasteiger partial charge in [0, 0.05) is 4.90 Å². The molecule has 0 aliphatic heterocycles. The van der Waals surface area contributed by atoms with Gasteiger partial charge in [-0.2, -0.15) is 13.2 Å². The van der Waals surface area contributed by atoms with Crippen molar-refractivity contribution in [3.8, 4) is 0 Å². The average molecular weight is 273 g/mol. The van der Waals surface area contributed by atoms with Gasteiger partial charge in [-0.25, -0.2) is 4.39 Å². The maximum absolute atomic E-state index is 13.2. The highest BCUT2D eigenvalue weighted by Crippen LogP contribution is 2.30. The van der Waals surface area contributed by atoms with E-state index in [-0.39, 0.29) is 0 Å². The Balaban J connectivity index is 3.33. The number of Topliss-reactive ketones (excluding diaryl/α,β-unsaturated/α-hetero) is 1. The Morgan fingerprint density at radius 3 is 2.38 bits per heavy atom. The van der Waals surface area contributed by atoms with Crippen molar-refractivity contribution in [1.82, 2.24) is 0 Å². The van der Waals surface area contributed by atoms with Crippen LogP contribution < -0.4 is 0 Å². The lowest BCUT2D eigenvalue weighted by Crippen LogP contribution is -2.24. The minimum atomic E-state index is -5.11. The van der Waals surface area contributed by atoms with Crippen LogP contribution in [0.4, 0.5) is 17.6 Å². The van der Waals surface area contributed by atoms with Crippen LogP contribution in [0.5, 0.6) is 0 Å². The van der Waals surface area contributed by atoms with Gasteiger partial charge in [-0.3, -0.25) is 4.79 Å². The molecule has 1 rings (SSSR count). The molecule has 88 valence electrons. The molecule has 0 bridgehead atoms. The van der Waals surface area contributed by atoms with E-state index < -0.39 is 28.4 Å². The molecule has 0 saturated carbocycles. The summed E-state index contributed by atoms with van der Waals surface area (Å²) in [5.74, 6) is -3.58. The van der Waals surface area contributed by atoms with Crippen molar-refractivity contribution < 1.29 is 22.4 Å². The molecule has 0 heterocycles. The van der Waals surface area contributed by atoms with Crippen molar-refractivity contribution in [3.63, 3.8) is 0 Å². The summed E-state index contributed by atoms with van der Waals surface area (Å²) in [7, 11) is 0. The molecule has 7 heteroatoms. The highest BCUT2D eigenvalue weighted by Gasteiger charge is 2.41. The molecule has 16 heavy (non-hydrogen) atoms. The fourth-order valence-electron chi connectivity index (χ4n) is 1.000. The van der Waals surface area contributed by atoms with Crippen LogP contribution in [0.1, 0.15) is 10.4 Å². The normalized spacial score (nSPS) is 11.6. The lowest BCUT2D eigenvalue weighted by molar-refractivity contribution is -0.0887. The number of hydrogen-bond donors (Lipinski definition) is 0. The molecule has 0 amide bonds. The number of thioether (sulfide) groups is 1. The summed E-state index contributed by atoms with van der Waals surface area (Å²) in [5, 5.41) is -0.501. The van der Waals surface area contributed by atoms with Gasteiger partial charge in [0.25, 0.3) is 5.78 Å². The topological polar surface area (TPSA) is 17.1 Å². The fourth-order valence-corrected chi connectivity index (χ4v) is 1.76. The molecule has 1 aromatic carbocycles. The fraction of sp³-hybridized carbons (Fsp3) is 0.222. The first kappa shape index (κ1) is 13.3. The van der Waals surface area contributed by atoms with Gasteiger partial charge in [0.05, 0.1) is 10.6 Å². The van der Waals surface area contributed by atoms with Crippen molar-refractivity contribution >= 4 is 29.1 Å². The van der Waals surface area contributed by atoms with Crippen LogP contribution in [0.15, 0.2) is 17.0 Å². The first-order valence-corrected chi connectivity index (χ1v) is 5.52. The number of halogens is 5. The number of alkyl halides is 3. The van der Waals surface area contributed by atoms with Gasteiger partial charge in [-0.05, 0) is 18.4 Å². The molecule has 0 radical (unpaired) electrons. The van der Waals surface area contributed by atoms with Gasteiger partial charge in [-0.1, -0.05) is 11.6 Å². The lowest BCUT2D eigenvalue weighted by Gasteiger charge is -2.08. The first-order valence-electron chi connectivity index (χ1n) is 3.92. The van der Waals surface area contributed by atoms with Gasteiger partial charge in [-0.15, -0.1) is 11.8 Å². The van der Waals surface area contributed by atoms with E-state index in [1.54, 1.807) is 6.26 Å². The summed E-state index contributed by atoms with van der Waals surface area (Å²) in [6, 6.07) is 2.00. The molecule has 1 nitrogen and oxygen atoms in total. The molecular weight excluding hydrogens is 268 g/mol. The molecule has 0 saturated heterocycles. The van der Waals surface area contributed by atoms with Crippen LogP contribution in [0.3, 0.4) is 0 Å². The summed E-state index contributed by atoms with van der Waals surface area (Å²) < 4.78 is 49.6. The zero-order chi connectivity index (χ0) is 12.5. The van der Waals surface area contributed by atoms with Gasteiger partial charge < -0.3 is 0 Å². The summed E-state index contributed by atoms with van der Waals surface area (Å²) in [6.45, 7) is 0. The van der Waals surface area contributed by atoms with Crippen molar-refractivity contribution in [3.05, 3.63) is 28.5 Å². The van der Waals surface area contributed by atoms with E-state index in [0.29, 0.717) is 4.90 Å². The van der Waals surface area contributed by atoms with Gasteiger partial charge in [0.15, 0.2) is 5.82 Å². The second-order valence-corrected chi connectivity index (χ2v) is 4.08. The Kier molecular flexibility index (Phi) is 3.85. The summed E-state index contributed by atoms with van der Waals surface area (Å²) in [6.07, 6.45) is -3.54. The summed E-state index contributed by atoms with van der Waals surface area (Å²) in [4.78, 5) is 11.2. The van der Waals surface area contributed by atoms with Crippen LogP contribution in [-0.2, 0) is 0 Å². The molecule has 0 fully saturated rings. The Morgan fingerprint density at radius 1 is 1.38 bits per heavy atom. The molecule has 1 aromatic rings. The number of ketones is 1. The van der Waals surface area contributed by atoms with Gasteiger partial charge in [0.2, 0.25) is 0 Å². The molecule has 0 spiro atoms. The smallest absolute Gasteiger partial charge is 0.284 e. The van der Waals surface area contributed by atoms with Crippen LogP contribution >= 0.6 is 23.4 Å². The third-order valence-corrected chi connectivity index (χ3v) is 2.72. The van der Waals surface area contributed by atoms with Crippen LogP contribution in [-0.4, -0.2) is 18.2 Å². The minimum absolute atomic E-state index is 0.291. The standard InChI is InChI=1S/C9H5ClF4OS/c1-16-4-2-5(7(11)6(10)3-4)8(15)9(12,13)14/h2-3H,1H3. The van der Waals surface area contributed by atoms with E-state index in [4.69, 9.17) is 11.6 Å². The largest absolute Gasteiger partial charge is 0.454 e. The Bertz CT molecular complexity index is 430. The zero-order valence-corrected chi connectivity index (χ0v) is 9.43. The second kappa shape index (κ2) is 4.63. The highest BCUT2D eigenvalue weighted by molar-refractivity contribution is 7.98. The predicted octanol–water partition coefficient (Wildman–Crippen LogP) is 3.95. The molecule has 0 aliphatic carbocycles. The second-order valence-electron chi connectivity index (χ2n) is 2.80. The van der Waals surface area contributed by atoms with E-state index in [1.165, 1.54) is 0 Å². The monoisotopic (exact) mass is 272 g/mol. The first-order chi connectivity index (χ1) is 7.27. The van der Waals surface area contributed by atoms with Crippen molar-refractivity contribution in [2.45, 2.75) is 11.1 Å². The summed E-state index contributed by atoms with van der Waals surface area (Å²) >= 11 is 6.45. The van der Waals surface area contributed by atoms with Crippen molar-refractivity contribution in [2.24, 2.45) is 0 Å². The Labute approximate surface area is 97.8 Å². The van der Waals surface area contributed by atoms with Crippen LogP contribution in [0, 0.1) is 5.82 Å². The van der Waals surface area contributed by atoms with Gasteiger partial charge in [0.1, 0.15) is 0 Å². The summed E-state index contributed by atoms with van der Waals surface area (Å²) in [5.41, 5.74) is -1.05. The third-order valence-electron chi connectivity index (χ3n) is 1.74. The molecule has 0 unspecified atom stereocenters. The molecule has 0 aromatic heterocycles. The molecular formula is C9H5ClF4OS. The maximum Gasteiger partial charge on any atom is 0.454 e. The van der Waals surface area contributed by atoms with E-state index >= 15 is 0 Å². The van der Waals surface area contributed by atoms with E-state index in [0.717, 1.165) is 23.9 Å². The van der Waals surface area contributed by atoms with Crippen LogP contribution in [0.2, 0.25) is 5.02 Å². The number of carbonyl (C=O) groups excluding carboxylic acids is 1. The van der Waals surface area contributed by atoms with E-state index in [1.807, 2.05) is 0 Å². The number of rotatable bonds is 2.